The lowest BCUT2D eigenvalue weighted by Gasteiger charge is -2.34. The van der Waals surface area contributed by atoms with E-state index in [-0.39, 0.29) is 34.6 Å². The predicted molar refractivity (Wildman–Crippen MR) is 171 cm³/mol. The highest BCUT2D eigenvalue weighted by molar-refractivity contribution is 7.92. The van der Waals surface area contributed by atoms with Crippen molar-refractivity contribution in [2.75, 3.05) is 10.8 Å². The van der Waals surface area contributed by atoms with Gasteiger partial charge < -0.3 is 10.2 Å². The van der Waals surface area contributed by atoms with Crippen LogP contribution >= 0.6 is 11.6 Å². The van der Waals surface area contributed by atoms with Crippen molar-refractivity contribution in [2.24, 2.45) is 0 Å². The molecule has 0 heterocycles. The van der Waals surface area contributed by atoms with Gasteiger partial charge in [0.1, 0.15) is 24.2 Å². The van der Waals surface area contributed by atoms with Gasteiger partial charge in [-0.05, 0) is 66.9 Å². The molecule has 236 valence electrons. The molecule has 0 aliphatic carbocycles. The minimum absolute atomic E-state index is 0.0380. The van der Waals surface area contributed by atoms with Gasteiger partial charge in [-0.15, -0.1) is 0 Å². The van der Waals surface area contributed by atoms with Gasteiger partial charge in [0.15, 0.2) is 0 Å². The summed E-state index contributed by atoms with van der Waals surface area (Å²) in [5, 5.41) is 2.62. The lowest BCUT2D eigenvalue weighted by Crippen LogP contribution is -2.54. The Labute approximate surface area is 267 Å². The first-order valence-corrected chi connectivity index (χ1v) is 16.2. The lowest BCUT2D eigenvalue weighted by molar-refractivity contribution is -0.140. The molecular weight excluding hydrogens is 620 g/mol. The number of carbonyl (C=O) groups is 2. The molecule has 2 amide bonds. The summed E-state index contributed by atoms with van der Waals surface area (Å²) in [6.45, 7) is 2.91. The summed E-state index contributed by atoms with van der Waals surface area (Å²) in [6, 6.07) is 24.2. The molecule has 1 N–H and O–H groups in total. The number of benzene rings is 4. The van der Waals surface area contributed by atoms with Gasteiger partial charge in [-0.1, -0.05) is 79.2 Å². The molecular formula is C34H34ClF2N3O4S. The van der Waals surface area contributed by atoms with Crippen LogP contribution < -0.4 is 9.62 Å². The smallest absolute Gasteiger partial charge is 0.264 e. The van der Waals surface area contributed by atoms with Crippen molar-refractivity contribution in [2.45, 2.75) is 50.2 Å². The predicted octanol–water partition coefficient (Wildman–Crippen LogP) is 6.37. The van der Waals surface area contributed by atoms with E-state index in [1.54, 1.807) is 18.2 Å². The Morgan fingerprint density at radius 1 is 0.867 bits per heavy atom. The van der Waals surface area contributed by atoms with Crippen molar-refractivity contribution < 1.29 is 26.8 Å². The Hall–Kier alpha value is -4.28. The van der Waals surface area contributed by atoms with Crippen LogP contribution in [-0.4, -0.2) is 43.8 Å². The van der Waals surface area contributed by atoms with Crippen LogP contribution in [-0.2, 0) is 32.6 Å². The average Bonchev–Trinajstić information content (AvgIpc) is 3.04. The summed E-state index contributed by atoms with van der Waals surface area (Å²) in [7, 11) is -4.36. The number of sulfonamides is 1. The summed E-state index contributed by atoms with van der Waals surface area (Å²) in [6.07, 6.45) is 0.772. The minimum atomic E-state index is -4.36. The Morgan fingerprint density at radius 3 is 2.09 bits per heavy atom. The molecule has 45 heavy (non-hydrogen) atoms. The first-order chi connectivity index (χ1) is 21.5. The van der Waals surface area contributed by atoms with Crippen LogP contribution in [0, 0.1) is 11.6 Å². The number of rotatable bonds is 13. The molecule has 0 aliphatic rings. The maximum Gasteiger partial charge on any atom is 0.264 e. The zero-order chi connectivity index (χ0) is 32.6. The number of hydrogen-bond acceptors (Lipinski definition) is 4. The van der Waals surface area contributed by atoms with Crippen molar-refractivity contribution in [3.05, 3.63) is 131 Å². The standard InChI is InChI=1S/C34H34ClF2N3O4S/c1-3-24(2)38-34(42)32(20-25-10-6-4-7-11-25)39(22-26-14-16-27(36)17-15-26)33(41)23-40(28-18-19-31(37)30(35)21-28)45(43,44)29-12-8-5-9-13-29/h4-19,21,24,32H,3,20,22-23H2,1-2H3,(H,38,42)/t24-,32+/m1/s1. The number of halogens is 3. The fraction of sp³-hybridized carbons (Fsp3) is 0.235. The van der Waals surface area contributed by atoms with E-state index in [0.717, 1.165) is 22.0 Å². The van der Waals surface area contributed by atoms with Gasteiger partial charge >= 0.3 is 0 Å². The first-order valence-electron chi connectivity index (χ1n) is 14.4. The van der Waals surface area contributed by atoms with E-state index >= 15 is 0 Å². The minimum Gasteiger partial charge on any atom is -0.352 e. The maximum atomic E-state index is 14.4. The molecule has 0 bridgehead atoms. The second-order valence-corrected chi connectivity index (χ2v) is 12.9. The summed E-state index contributed by atoms with van der Waals surface area (Å²) in [5.41, 5.74) is 1.27. The zero-order valence-corrected chi connectivity index (χ0v) is 26.4. The Bertz CT molecular complexity index is 1710. The van der Waals surface area contributed by atoms with Crippen molar-refractivity contribution in [1.82, 2.24) is 10.2 Å². The summed E-state index contributed by atoms with van der Waals surface area (Å²) >= 11 is 6.04. The Balaban J connectivity index is 1.81. The van der Waals surface area contributed by atoms with Crippen molar-refractivity contribution >= 4 is 39.1 Å². The molecule has 0 aliphatic heterocycles. The van der Waals surface area contributed by atoms with Gasteiger partial charge in [0, 0.05) is 19.0 Å². The van der Waals surface area contributed by atoms with Crippen molar-refractivity contribution in [1.29, 1.82) is 0 Å². The summed E-state index contributed by atoms with van der Waals surface area (Å²) in [5.74, 6) is -2.36. The molecule has 7 nitrogen and oxygen atoms in total. The third kappa shape index (κ3) is 8.67. The second kappa shape index (κ2) is 15.1. The molecule has 11 heteroatoms. The fourth-order valence-corrected chi connectivity index (χ4v) is 6.27. The lowest BCUT2D eigenvalue weighted by atomic mass is 10.0. The topological polar surface area (TPSA) is 86.8 Å². The van der Waals surface area contributed by atoms with E-state index in [2.05, 4.69) is 5.32 Å². The van der Waals surface area contributed by atoms with Gasteiger partial charge in [-0.3, -0.25) is 13.9 Å². The number of hydrogen-bond donors (Lipinski definition) is 1. The second-order valence-electron chi connectivity index (χ2n) is 10.6. The van der Waals surface area contributed by atoms with E-state index in [1.807, 2.05) is 44.2 Å². The molecule has 4 rings (SSSR count). The van der Waals surface area contributed by atoms with Gasteiger partial charge in [0.05, 0.1) is 15.6 Å². The molecule has 0 spiro atoms. The Morgan fingerprint density at radius 2 is 1.49 bits per heavy atom. The van der Waals surface area contributed by atoms with Crippen LogP contribution in [0.2, 0.25) is 5.02 Å². The van der Waals surface area contributed by atoms with Gasteiger partial charge in [0.25, 0.3) is 10.0 Å². The molecule has 0 saturated heterocycles. The molecule has 0 aromatic heterocycles. The quantitative estimate of drug-likeness (QED) is 0.182. The molecule has 2 atom stereocenters. The number of carbonyl (C=O) groups excluding carboxylic acids is 2. The first kappa shape index (κ1) is 33.6. The van der Waals surface area contributed by atoms with Crippen LogP contribution in [0.1, 0.15) is 31.4 Å². The van der Waals surface area contributed by atoms with Crippen LogP contribution in [0.15, 0.2) is 108 Å². The Kier molecular flexibility index (Phi) is 11.3. The van der Waals surface area contributed by atoms with Crippen LogP contribution in [0.25, 0.3) is 0 Å². The van der Waals surface area contributed by atoms with Gasteiger partial charge in [0.2, 0.25) is 11.8 Å². The number of anilines is 1. The third-order valence-electron chi connectivity index (χ3n) is 7.34. The maximum absolute atomic E-state index is 14.4. The number of nitrogens with one attached hydrogen (secondary N) is 1. The molecule has 0 radical (unpaired) electrons. The van der Waals surface area contributed by atoms with Gasteiger partial charge in [-0.2, -0.15) is 0 Å². The fourth-order valence-electron chi connectivity index (χ4n) is 4.67. The molecule has 4 aromatic carbocycles. The largest absolute Gasteiger partial charge is 0.352 e. The SMILES string of the molecule is CC[C@@H](C)NC(=O)[C@H](Cc1ccccc1)N(Cc1ccc(F)cc1)C(=O)CN(c1ccc(F)c(Cl)c1)S(=O)(=O)c1ccccc1. The normalized spacial score (nSPS) is 12.6. The highest BCUT2D eigenvalue weighted by Gasteiger charge is 2.35. The molecule has 0 saturated carbocycles. The zero-order valence-electron chi connectivity index (χ0n) is 24.9. The van der Waals surface area contributed by atoms with Crippen molar-refractivity contribution in [3.8, 4) is 0 Å². The van der Waals surface area contributed by atoms with Crippen LogP contribution in [0.5, 0.6) is 0 Å². The molecule has 0 unspecified atom stereocenters. The molecule has 4 aromatic rings. The monoisotopic (exact) mass is 653 g/mol. The third-order valence-corrected chi connectivity index (χ3v) is 9.42. The van der Waals surface area contributed by atoms with Crippen LogP contribution in [0.3, 0.4) is 0 Å². The van der Waals surface area contributed by atoms with Crippen LogP contribution in [0.4, 0.5) is 14.5 Å². The van der Waals surface area contributed by atoms with Crippen molar-refractivity contribution in [3.63, 3.8) is 0 Å². The summed E-state index contributed by atoms with van der Waals surface area (Å²) in [4.78, 5) is 29.4. The van der Waals surface area contributed by atoms with E-state index in [0.29, 0.717) is 12.0 Å². The molecule has 0 fully saturated rings. The van der Waals surface area contributed by atoms with E-state index in [4.69, 9.17) is 11.6 Å². The summed E-state index contributed by atoms with van der Waals surface area (Å²) < 4.78 is 56.7. The number of amides is 2. The van der Waals surface area contributed by atoms with E-state index < -0.39 is 46.1 Å². The highest BCUT2D eigenvalue weighted by atomic mass is 35.5. The van der Waals surface area contributed by atoms with E-state index in [1.165, 1.54) is 47.4 Å². The number of nitrogens with zero attached hydrogens (tertiary/aromatic N) is 2. The average molecular weight is 654 g/mol. The highest BCUT2D eigenvalue weighted by Crippen LogP contribution is 2.28. The van der Waals surface area contributed by atoms with E-state index in [9.17, 15) is 26.8 Å². The van der Waals surface area contributed by atoms with Gasteiger partial charge in [-0.25, -0.2) is 17.2 Å².